The van der Waals surface area contributed by atoms with E-state index >= 15 is 0 Å². The predicted molar refractivity (Wildman–Crippen MR) is 79.1 cm³/mol. The smallest absolute Gasteiger partial charge is 0.161 e. The largest absolute Gasteiger partial charge is 0.381 e. The molecular formula is C16H17F3N2. The van der Waals surface area contributed by atoms with Crippen LogP contribution in [0.2, 0.25) is 0 Å². The highest BCUT2D eigenvalue weighted by Crippen LogP contribution is 2.23. The molecule has 0 heterocycles. The van der Waals surface area contributed by atoms with Crippen molar-refractivity contribution in [3.05, 3.63) is 58.9 Å². The normalized spacial score (nSPS) is 10.6. The van der Waals surface area contributed by atoms with Crippen molar-refractivity contribution >= 4 is 11.4 Å². The van der Waals surface area contributed by atoms with Gasteiger partial charge in [-0.2, -0.15) is 0 Å². The predicted octanol–water partition coefficient (Wildman–Crippen LogP) is 4.09. The molecule has 0 saturated carbocycles. The highest BCUT2D eigenvalue weighted by atomic mass is 19.2. The second-order valence-corrected chi connectivity index (χ2v) is 5.11. The van der Waals surface area contributed by atoms with Gasteiger partial charge in [-0.25, -0.2) is 13.2 Å². The molecule has 0 aliphatic rings. The number of benzene rings is 2. The monoisotopic (exact) mass is 294 g/mol. The quantitative estimate of drug-likeness (QED) is 0.854. The Morgan fingerprint density at radius 3 is 2.29 bits per heavy atom. The van der Waals surface area contributed by atoms with E-state index in [1.165, 1.54) is 0 Å². The van der Waals surface area contributed by atoms with Gasteiger partial charge >= 0.3 is 0 Å². The van der Waals surface area contributed by atoms with Crippen molar-refractivity contribution in [2.75, 3.05) is 24.3 Å². The molecule has 0 radical (unpaired) electrons. The third kappa shape index (κ3) is 3.48. The van der Waals surface area contributed by atoms with Gasteiger partial charge in [0.1, 0.15) is 5.82 Å². The van der Waals surface area contributed by atoms with Crippen molar-refractivity contribution in [3.8, 4) is 0 Å². The highest BCUT2D eigenvalue weighted by Gasteiger charge is 2.10. The number of nitrogens with zero attached hydrogens (tertiary/aromatic N) is 1. The molecule has 2 aromatic rings. The van der Waals surface area contributed by atoms with Crippen molar-refractivity contribution in [1.82, 2.24) is 0 Å². The summed E-state index contributed by atoms with van der Waals surface area (Å²) in [7, 11) is 3.86. The zero-order chi connectivity index (χ0) is 15.6. The van der Waals surface area contributed by atoms with E-state index in [1.807, 2.05) is 44.1 Å². The summed E-state index contributed by atoms with van der Waals surface area (Å²) < 4.78 is 39.5. The van der Waals surface area contributed by atoms with Gasteiger partial charge in [0.05, 0.1) is 0 Å². The van der Waals surface area contributed by atoms with Crippen molar-refractivity contribution in [2.45, 2.75) is 13.5 Å². The average Bonchev–Trinajstić information content (AvgIpc) is 2.42. The van der Waals surface area contributed by atoms with Crippen LogP contribution in [0.3, 0.4) is 0 Å². The van der Waals surface area contributed by atoms with E-state index in [-0.39, 0.29) is 12.1 Å². The van der Waals surface area contributed by atoms with Crippen LogP contribution in [0.25, 0.3) is 0 Å². The van der Waals surface area contributed by atoms with Crippen molar-refractivity contribution < 1.29 is 13.2 Å². The van der Waals surface area contributed by atoms with E-state index in [0.717, 1.165) is 23.0 Å². The molecule has 0 fully saturated rings. The molecule has 0 aliphatic heterocycles. The maximum Gasteiger partial charge on any atom is 0.161 e. The van der Waals surface area contributed by atoms with Gasteiger partial charge in [0.15, 0.2) is 11.6 Å². The summed E-state index contributed by atoms with van der Waals surface area (Å²) in [6.07, 6.45) is 0. The number of hydrogen-bond donors (Lipinski definition) is 1. The highest BCUT2D eigenvalue weighted by molar-refractivity contribution is 5.61. The van der Waals surface area contributed by atoms with E-state index in [2.05, 4.69) is 5.32 Å². The molecule has 0 saturated heterocycles. The Kier molecular flexibility index (Phi) is 4.40. The minimum atomic E-state index is -1.18. The lowest BCUT2D eigenvalue weighted by Crippen LogP contribution is -2.11. The van der Waals surface area contributed by atoms with Gasteiger partial charge in [-0.15, -0.1) is 0 Å². The van der Waals surface area contributed by atoms with Crippen LogP contribution < -0.4 is 10.2 Å². The Morgan fingerprint density at radius 2 is 1.62 bits per heavy atom. The lowest BCUT2D eigenvalue weighted by atomic mass is 10.1. The molecule has 2 rings (SSSR count). The van der Waals surface area contributed by atoms with Crippen LogP contribution >= 0.6 is 0 Å². The molecule has 0 aromatic heterocycles. The molecule has 2 nitrogen and oxygen atoms in total. The molecule has 21 heavy (non-hydrogen) atoms. The first kappa shape index (κ1) is 15.2. The van der Waals surface area contributed by atoms with Gasteiger partial charge in [-0.1, -0.05) is 6.07 Å². The molecule has 1 N–H and O–H groups in total. The Morgan fingerprint density at radius 1 is 0.952 bits per heavy atom. The van der Waals surface area contributed by atoms with Crippen LogP contribution in [-0.2, 0) is 6.54 Å². The van der Waals surface area contributed by atoms with Gasteiger partial charge < -0.3 is 10.2 Å². The second kappa shape index (κ2) is 6.08. The van der Waals surface area contributed by atoms with Crippen molar-refractivity contribution in [2.24, 2.45) is 0 Å². The summed E-state index contributed by atoms with van der Waals surface area (Å²) in [4.78, 5) is 1.97. The first-order chi connectivity index (χ1) is 9.88. The minimum Gasteiger partial charge on any atom is -0.381 e. The lowest BCUT2D eigenvalue weighted by molar-refractivity contribution is 0.490. The van der Waals surface area contributed by atoms with E-state index < -0.39 is 17.5 Å². The summed E-state index contributed by atoms with van der Waals surface area (Å²) in [6, 6.07) is 7.16. The van der Waals surface area contributed by atoms with Gasteiger partial charge in [0.2, 0.25) is 0 Å². The maximum absolute atomic E-state index is 13.5. The van der Waals surface area contributed by atoms with Crippen LogP contribution in [0.1, 0.15) is 11.1 Å². The number of halogens is 3. The third-order valence-corrected chi connectivity index (χ3v) is 3.26. The summed E-state index contributed by atoms with van der Waals surface area (Å²) >= 11 is 0. The molecule has 0 bridgehead atoms. The number of rotatable bonds is 4. The minimum absolute atomic E-state index is 0.0823. The van der Waals surface area contributed by atoms with E-state index in [1.54, 1.807) is 0 Å². The van der Waals surface area contributed by atoms with E-state index in [4.69, 9.17) is 0 Å². The molecule has 5 heteroatoms. The van der Waals surface area contributed by atoms with Gasteiger partial charge in [0.25, 0.3) is 0 Å². The van der Waals surface area contributed by atoms with Crippen LogP contribution in [-0.4, -0.2) is 14.1 Å². The molecule has 0 atom stereocenters. The standard InChI is InChI=1S/C16H17F3N2/c1-10-4-5-12(7-16(10)21(2)3)20-9-11-6-14(18)15(19)8-13(11)17/h4-8,20H,9H2,1-3H3. The van der Waals surface area contributed by atoms with Gasteiger partial charge in [-0.3, -0.25) is 0 Å². The van der Waals surface area contributed by atoms with Gasteiger partial charge in [-0.05, 0) is 30.7 Å². The molecule has 112 valence electrons. The Labute approximate surface area is 122 Å². The Balaban J connectivity index is 2.17. The topological polar surface area (TPSA) is 15.3 Å². The average molecular weight is 294 g/mol. The molecule has 0 unspecified atom stereocenters. The summed E-state index contributed by atoms with van der Waals surface area (Å²) in [5.41, 5.74) is 3.02. The Bertz CT molecular complexity index is 654. The molecule has 2 aromatic carbocycles. The Hall–Kier alpha value is -2.17. The molecule has 0 aliphatic carbocycles. The first-order valence-electron chi connectivity index (χ1n) is 6.53. The number of aryl methyl sites for hydroxylation is 1. The zero-order valence-electron chi connectivity index (χ0n) is 12.2. The summed E-state index contributed by atoms with van der Waals surface area (Å²) in [6.45, 7) is 2.08. The fraction of sp³-hybridized carbons (Fsp3) is 0.250. The number of hydrogen-bond acceptors (Lipinski definition) is 2. The number of anilines is 2. The van der Waals surface area contributed by atoms with Crippen molar-refractivity contribution in [1.29, 1.82) is 0 Å². The van der Waals surface area contributed by atoms with Crippen LogP contribution in [0.15, 0.2) is 30.3 Å². The molecule has 0 spiro atoms. The second-order valence-electron chi connectivity index (χ2n) is 5.11. The van der Waals surface area contributed by atoms with Gasteiger partial charge in [0, 0.05) is 43.6 Å². The van der Waals surface area contributed by atoms with Crippen LogP contribution in [0.4, 0.5) is 24.5 Å². The summed E-state index contributed by atoms with van der Waals surface area (Å²) in [5.74, 6) is -2.99. The molecular weight excluding hydrogens is 277 g/mol. The molecule has 0 amide bonds. The van der Waals surface area contributed by atoms with Crippen LogP contribution in [0.5, 0.6) is 0 Å². The SMILES string of the molecule is Cc1ccc(NCc2cc(F)c(F)cc2F)cc1N(C)C. The van der Waals surface area contributed by atoms with E-state index in [9.17, 15) is 13.2 Å². The van der Waals surface area contributed by atoms with Crippen LogP contribution in [0, 0.1) is 24.4 Å². The van der Waals surface area contributed by atoms with Crippen molar-refractivity contribution in [3.63, 3.8) is 0 Å². The maximum atomic E-state index is 13.5. The fourth-order valence-corrected chi connectivity index (χ4v) is 2.10. The summed E-state index contributed by atoms with van der Waals surface area (Å²) in [5, 5.41) is 3.02. The lowest BCUT2D eigenvalue weighted by Gasteiger charge is -2.17. The zero-order valence-corrected chi connectivity index (χ0v) is 12.2. The first-order valence-corrected chi connectivity index (χ1v) is 6.53. The van der Waals surface area contributed by atoms with E-state index in [0.29, 0.717) is 6.07 Å². The number of nitrogens with one attached hydrogen (secondary N) is 1. The fourth-order valence-electron chi connectivity index (χ4n) is 2.10. The third-order valence-electron chi connectivity index (χ3n) is 3.26.